The summed E-state index contributed by atoms with van der Waals surface area (Å²) in [6.07, 6.45) is 7.99. The summed E-state index contributed by atoms with van der Waals surface area (Å²) in [6, 6.07) is 9.77. The van der Waals surface area contributed by atoms with Gasteiger partial charge < -0.3 is 5.32 Å². The lowest BCUT2D eigenvalue weighted by Gasteiger charge is -2.33. The van der Waals surface area contributed by atoms with E-state index in [0.717, 1.165) is 11.8 Å². The standard InChI is InChI=1S/C18H29N/c1-4-6-15-7-5-8-17(13-15)18(19-3)16-11-9-14(2)10-12-16/h5,7-8,13-14,16,18-19H,4,6,9-12H2,1-3H3. The topological polar surface area (TPSA) is 12.0 Å². The van der Waals surface area contributed by atoms with Gasteiger partial charge in [-0.25, -0.2) is 0 Å². The van der Waals surface area contributed by atoms with Gasteiger partial charge in [0.05, 0.1) is 0 Å². The summed E-state index contributed by atoms with van der Waals surface area (Å²) in [5.74, 6) is 1.75. The molecule has 1 aliphatic carbocycles. The molecule has 1 nitrogen and oxygen atoms in total. The Kier molecular flexibility index (Phi) is 5.45. The van der Waals surface area contributed by atoms with Gasteiger partial charge in [-0.2, -0.15) is 0 Å². The lowest BCUT2D eigenvalue weighted by atomic mass is 9.77. The second kappa shape index (κ2) is 7.09. The summed E-state index contributed by atoms with van der Waals surface area (Å²) in [7, 11) is 2.12. The van der Waals surface area contributed by atoms with E-state index in [1.807, 2.05) is 0 Å². The average molecular weight is 259 g/mol. The third kappa shape index (κ3) is 3.82. The molecule has 1 fully saturated rings. The minimum Gasteiger partial charge on any atom is -0.313 e. The number of benzene rings is 1. The number of nitrogens with one attached hydrogen (secondary N) is 1. The van der Waals surface area contributed by atoms with Gasteiger partial charge in [0.15, 0.2) is 0 Å². The van der Waals surface area contributed by atoms with Crippen molar-refractivity contribution in [1.29, 1.82) is 0 Å². The monoisotopic (exact) mass is 259 g/mol. The normalized spacial score (nSPS) is 25.2. The van der Waals surface area contributed by atoms with E-state index >= 15 is 0 Å². The van der Waals surface area contributed by atoms with Crippen LogP contribution >= 0.6 is 0 Å². The SMILES string of the molecule is CCCc1cccc(C(NC)C2CCC(C)CC2)c1. The number of hydrogen-bond acceptors (Lipinski definition) is 1. The molecule has 1 aliphatic rings. The lowest BCUT2D eigenvalue weighted by Crippen LogP contribution is -2.28. The van der Waals surface area contributed by atoms with Gasteiger partial charge in [0.2, 0.25) is 0 Å². The first-order valence-corrected chi connectivity index (χ1v) is 8.00. The molecule has 19 heavy (non-hydrogen) atoms. The zero-order valence-corrected chi connectivity index (χ0v) is 12.8. The predicted molar refractivity (Wildman–Crippen MR) is 83.4 cm³/mol. The molecule has 1 atom stereocenters. The number of aryl methyl sites for hydroxylation is 1. The Morgan fingerprint density at radius 2 is 1.95 bits per heavy atom. The summed E-state index contributed by atoms with van der Waals surface area (Å²) in [5.41, 5.74) is 2.98. The van der Waals surface area contributed by atoms with Crippen molar-refractivity contribution < 1.29 is 0 Å². The molecule has 0 amide bonds. The first-order valence-electron chi connectivity index (χ1n) is 8.00. The van der Waals surface area contributed by atoms with Crippen LogP contribution in [0, 0.1) is 11.8 Å². The molecule has 1 aromatic carbocycles. The van der Waals surface area contributed by atoms with Gasteiger partial charge in [-0.05, 0) is 49.3 Å². The molecule has 1 saturated carbocycles. The van der Waals surface area contributed by atoms with Crippen molar-refractivity contribution in [2.24, 2.45) is 11.8 Å². The van der Waals surface area contributed by atoms with Gasteiger partial charge in [0.1, 0.15) is 0 Å². The van der Waals surface area contributed by atoms with Gasteiger partial charge >= 0.3 is 0 Å². The predicted octanol–water partition coefficient (Wildman–Crippen LogP) is 4.73. The van der Waals surface area contributed by atoms with Crippen molar-refractivity contribution in [2.75, 3.05) is 7.05 Å². The second-order valence-electron chi connectivity index (χ2n) is 6.28. The fourth-order valence-electron chi connectivity index (χ4n) is 3.52. The van der Waals surface area contributed by atoms with E-state index in [1.54, 1.807) is 0 Å². The molecule has 0 saturated heterocycles. The minimum absolute atomic E-state index is 0.546. The fraction of sp³-hybridized carbons (Fsp3) is 0.667. The van der Waals surface area contributed by atoms with Crippen LogP contribution < -0.4 is 5.32 Å². The molecule has 0 spiro atoms. The van der Waals surface area contributed by atoms with E-state index in [4.69, 9.17) is 0 Å². The lowest BCUT2D eigenvalue weighted by molar-refractivity contribution is 0.238. The first-order chi connectivity index (χ1) is 9.24. The summed E-state index contributed by atoms with van der Waals surface area (Å²) in [6.45, 7) is 4.65. The summed E-state index contributed by atoms with van der Waals surface area (Å²) in [4.78, 5) is 0. The van der Waals surface area contributed by atoms with E-state index in [0.29, 0.717) is 6.04 Å². The molecule has 1 aromatic rings. The molecule has 0 aliphatic heterocycles. The third-order valence-electron chi connectivity index (χ3n) is 4.69. The molecular formula is C18H29N. The Labute approximate surface area is 118 Å². The van der Waals surface area contributed by atoms with Gasteiger partial charge in [-0.3, -0.25) is 0 Å². The maximum Gasteiger partial charge on any atom is 0.0346 e. The van der Waals surface area contributed by atoms with Crippen molar-refractivity contribution in [2.45, 2.75) is 58.4 Å². The van der Waals surface area contributed by atoms with Crippen molar-refractivity contribution in [1.82, 2.24) is 5.32 Å². The Morgan fingerprint density at radius 3 is 2.58 bits per heavy atom. The zero-order valence-electron chi connectivity index (χ0n) is 12.8. The van der Waals surface area contributed by atoms with Gasteiger partial charge in [0, 0.05) is 6.04 Å². The van der Waals surface area contributed by atoms with E-state index in [9.17, 15) is 0 Å². The molecule has 2 rings (SSSR count). The van der Waals surface area contributed by atoms with Gasteiger partial charge in [0.25, 0.3) is 0 Å². The second-order valence-corrected chi connectivity index (χ2v) is 6.28. The van der Waals surface area contributed by atoms with E-state index in [2.05, 4.69) is 50.5 Å². The highest BCUT2D eigenvalue weighted by atomic mass is 14.9. The largest absolute Gasteiger partial charge is 0.313 e. The van der Waals surface area contributed by atoms with Crippen LogP contribution in [0.2, 0.25) is 0 Å². The summed E-state index contributed by atoms with van der Waals surface area (Å²) < 4.78 is 0. The molecule has 1 N–H and O–H groups in total. The number of hydrogen-bond donors (Lipinski definition) is 1. The first kappa shape index (κ1) is 14.6. The Balaban J connectivity index is 2.10. The average Bonchev–Trinajstić information content (AvgIpc) is 2.43. The Hall–Kier alpha value is -0.820. The van der Waals surface area contributed by atoms with Crippen molar-refractivity contribution in [3.05, 3.63) is 35.4 Å². The van der Waals surface area contributed by atoms with Crippen LogP contribution in [0.25, 0.3) is 0 Å². The van der Waals surface area contributed by atoms with Crippen LogP contribution in [0.4, 0.5) is 0 Å². The van der Waals surface area contributed by atoms with E-state index < -0.39 is 0 Å². The highest BCUT2D eigenvalue weighted by Crippen LogP contribution is 2.36. The molecule has 0 aromatic heterocycles. The van der Waals surface area contributed by atoms with E-state index in [1.165, 1.54) is 49.7 Å². The molecule has 0 radical (unpaired) electrons. The summed E-state index contributed by atoms with van der Waals surface area (Å²) >= 11 is 0. The number of rotatable bonds is 5. The fourth-order valence-corrected chi connectivity index (χ4v) is 3.52. The van der Waals surface area contributed by atoms with Crippen LogP contribution in [0.1, 0.15) is 63.1 Å². The molecule has 1 unspecified atom stereocenters. The van der Waals surface area contributed by atoms with Crippen LogP contribution in [-0.4, -0.2) is 7.05 Å². The maximum absolute atomic E-state index is 3.57. The van der Waals surface area contributed by atoms with Crippen LogP contribution in [0.5, 0.6) is 0 Å². The van der Waals surface area contributed by atoms with Crippen LogP contribution in [0.15, 0.2) is 24.3 Å². The van der Waals surface area contributed by atoms with E-state index in [-0.39, 0.29) is 0 Å². The van der Waals surface area contributed by atoms with Gasteiger partial charge in [-0.15, -0.1) is 0 Å². The smallest absolute Gasteiger partial charge is 0.0346 e. The van der Waals surface area contributed by atoms with Crippen molar-refractivity contribution in [3.8, 4) is 0 Å². The minimum atomic E-state index is 0.546. The van der Waals surface area contributed by atoms with Crippen LogP contribution in [-0.2, 0) is 6.42 Å². The quantitative estimate of drug-likeness (QED) is 0.806. The third-order valence-corrected chi connectivity index (χ3v) is 4.69. The van der Waals surface area contributed by atoms with Crippen molar-refractivity contribution >= 4 is 0 Å². The molecule has 0 heterocycles. The van der Waals surface area contributed by atoms with Crippen molar-refractivity contribution in [3.63, 3.8) is 0 Å². The van der Waals surface area contributed by atoms with Gasteiger partial charge in [-0.1, -0.05) is 57.4 Å². The molecule has 0 bridgehead atoms. The molecular weight excluding hydrogens is 230 g/mol. The molecule has 1 heteroatoms. The highest BCUT2D eigenvalue weighted by Gasteiger charge is 2.26. The Morgan fingerprint density at radius 1 is 1.21 bits per heavy atom. The molecule has 106 valence electrons. The Bertz CT molecular complexity index is 377. The summed E-state index contributed by atoms with van der Waals surface area (Å²) in [5, 5.41) is 3.57. The maximum atomic E-state index is 3.57. The van der Waals surface area contributed by atoms with Crippen LogP contribution in [0.3, 0.4) is 0 Å². The zero-order chi connectivity index (χ0) is 13.7. The highest BCUT2D eigenvalue weighted by molar-refractivity contribution is 5.26.